The second-order valence-electron chi connectivity index (χ2n) is 5.34. The second-order valence-corrected chi connectivity index (χ2v) is 5.34. The van der Waals surface area contributed by atoms with Crippen LogP contribution in [0.15, 0.2) is 36.5 Å². The highest BCUT2D eigenvalue weighted by molar-refractivity contribution is 5.82. The lowest BCUT2D eigenvalue weighted by Gasteiger charge is -2.28. The van der Waals surface area contributed by atoms with Gasteiger partial charge in [-0.3, -0.25) is 4.98 Å². The van der Waals surface area contributed by atoms with Crippen molar-refractivity contribution in [2.45, 2.75) is 38.1 Å². The van der Waals surface area contributed by atoms with Crippen LogP contribution in [0, 0.1) is 5.92 Å². The summed E-state index contributed by atoms with van der Waals surface area (Å²) in [5, 5.41) is 1.22. The minimum atomic E-state index is 0.165. The molecule has 1 aromatic heterocycles. The van der Waals surface area contributed by atoms with Crippen molar-refractivity contribution in [1.29, 1.82) is 0 Å². The molecule has 1 aliphatic carbocycles. The van der Waals surface area contributed by atoms with E-state index in [0.29, 0.717) is 5.92 Å². The Morgan fingerprint density at radius 3 is 2.72 bits per heavy atom. The molecule has 1 aliphatic rings. The molecule has 1 saturated carbocycles. The van der Waals surface area contributed by atoms with Gasteiger partial charge in [0, 0.05) is 17.6 Å². The number of aromatic nitrogens is 1. The largest absolute Gasteiger partial charge is 0.324 e. The summed E-state index contributed by atoms with van der Waals surface area (Å²) in [5.41, 5.74) is 8.84. The van der Waals surface area contributed by atoms with Gasteiger partial charge in [-0.25, -0.2) is 0 Å². The van der Waals surface area contributed by atoms with E-state index in [-0.39, 0.29) is 6.04 Å². The molecule has 94 valence electrons. The van der Waals surface area contributed by atoms with Crippen LogP contribution in [-0.4, -0.2) is 4.98 Å². The Labute approximate surface area is 108 Å². The molecule has 1 fully saturated rings. The monoisotopic (exact) mass is 240 g/mol. The number of pyridine rings is 1. The highest BCUT2D eigenvalue weighted by Gasteiger charge is 2.22. The molecule has 0 radical (unpaired) electrons. The Morgan fingerprint density at radius 2 is 1.89 bits per heavy atom. The lowest BCUT2D eigenvalue weighted by Crippen LogP contribution is -2.23. The van der Waals surface area contributed by atoms with Crippen molar-refractivity contribution in [2.75, 3.05) is 0 Å². The van der Waals surface area contributed by atoms with Crippen molar-refractivity contribution >= 4 is 10.9 Å². The molecule has 2 heteroatoms. The molecule has 1 unspecified atom stereocenters. The van der Waals surface area contributed by atoms with Gasteiger partial charge >= 0.3 is 0 Å². The summed E-state index contributed by atoms with van der Waals surface area (Å²) >= 11 is 0. The summed E-state index contributed by atoms with van der Waals surface area (Å²) in [5.74, 6) is 0.643. The number of fused-ring (bicyclic) bond motifs is 1. The maximum absolute atomic E-state index is 6.51. The number of benzene rings is 1. The third-order valence-electron chi connectivity index (χ3n) is 4.20. The molecule has 0 spiro atoms. The topological polar surface area (TPSA) is 38.9 Å². The van der Waals surface area contributed by atoms with Crippen molar-refractivity contribution in [2.24, 2.45) is 11.7 Å². The smallest absolute Gasteiger partial charge is 0.0705 e. The Hall–Kier alpha value is -1.41. The van der Waals surface area contributed by atoms with E-state index < -0.39 is 0 Å². The Bertz CT molecular complexity index is 524. The van der Waals surface area contributed by atoms with Gasteiger partial charge in [-0.05, 0) is 36.5 Å². The minimum absolute atomic E-state index is 0.165. The molecular weight excluding hydrogens is 220 g/mol. The first kappa shape index (κ1) is 11.7. The van der Waals surface area contributed by atoms with Gasteiger partial charge in [-0.2, -0.15) is 0 Å². The van der Waals surface area contributed by atoms with E-state index in [2.05, 4.69) is 29.2 Å². The highest BCUT2D eigenvalue weighted by atomic mass is 14.7. The van der Waals surface area contributed by atoms with Gasteiger partial charge in [0.15, 0.2) is 0 Å². The molecule has 0 amide bonds. The van der Waals surface area contributed by atoms with Crippen molar-refractivity contribution in [3.05, 3.63) is 42.1 Å². The molecule has 1 atom stereocenters. The van der Waals surface area contributed by atoms with Gasteiger partial charge in [0.2, 0.25) is 0 Å². The quantitative estimate of drug-likeness (QED) is 0.866. The Morgan fingerprint density at radius 1 is 1.06 bits per heavy atom. The van der Waals surface area contributed by atoms with Crippen molar-refractivity contribution in [3.8, 4) is 0 Å². The summed E-state index contributed by atoms with van der Waals surface area (Å²) in [4.78, 5) is 4.41. The molecular formula is C16H20N2. The van der Waals surface area contributed by atoms with Crippen LogP contribution >= 0.6 is 0 Å². The van der Waals surface area contributed by atoms with E-state index >= 15 is 0 Å². The van der Waals surface area contributed by atoms with Crippen molar-refractivity contribution in [3.63, 3.8) is 0 Å². The number of nitrogens with two attached hydrogens (primary N) is 1. The molecule has 1 heterocycles. The number of rotatable bonds is 2. The lowest BCUT2D eigenvalue weighted by atomic mass is 9.81. The maximum Gasteiger partial charge on any atom is 0.0705 e. The predicted octanol–water partition coefficient (Wildman–Crippen LogP) is 3.81. The molecule has 3 rings (SSSR count). The van der Waals surface area contributed by atoms with Crippen LogP contribution in [0.25, 0.3) is 10.9 Å². The standard InChI is InChI=1S/C16H20N2/c17-16(12-6-2-1-3-7-12)14-8-4-10-15-13(14)9-5-11-18-15/h4-5,8-12,16H,1-3,6-7,17H2. The second kappa shape index (κ2) is 5.07. The molecule has 2 nitrogen and oxygen atoms in total. The molecule has 2 aromatic rings. The van der Waals surface area contributed by atoms with E-state index in [0.717, 1.165) is 5.52 Å². The molecule has 18 heavy (non-hydrogen) atoms. The van der Waals surface area contributed by atoms with Crippen LogP contribution in [0.4, 0.5) is 0 Å². The summed E-state index contributed by atoms with van der Waals surface area (Å²) in [7, 11) is 0. The van der Waals surface area contributed by atoms with Crippen LogP contribution in [0.3, 0.4) is 0 Å². The normalized spacial score (nSPS) is 18.9. The van der Waals surface area contributed by atoms with Gasteiger partial charge in [0.25, 0.3) is 0 Å². The zero-order valence-corrected chi connectivity index (χ0v) is 10.7. The van der Waals surface area contributed by atoms with Crippen molar-refractivity contribution < 1.29 is 0 Å². The fraction of sp³-hybridized carbons (Fsp3) is 0.438. The van der Waals surface area contributed by atoms with Crippen molar-refractivity contribution in [1.82, 2.24) is 4.98 Å². The van der Waals surface area contributed by atoms with E-state index in [4.69, 9.17) is 5.73 Å². The van der Waals surface area contributed by atoms with Gasteiger partial charge in [-0.1, -0.05) is 37.5 Å². The van der Waals surface area contributed by atoms with Gasteiger partial charge in [0.1, 0.15) is 0 Å². The van der Waals surface area contributed by atoms with Gasteiger partial charge in [-0.15, -0.1) is 0 Å². The first-order valence-corrected chi connectivity index (χ1v) is 6.95. The van der Waals surface area contributed by atoms with Crippen LogP contribution < -0.4 is 5.73 Å². The van der Waals surface area contributed by atoms with Gasteiger partial charge < -0.3 is 5.73 Å². The Balaban J connectivity index is 1.97. The third kappa shape index (κ3) is 2.13. The highest BCUT2D eigenvalue weighted by Crippen LogP contribution is 2.35. The van der Waals surface area contributed by atoms with E-state index in [1.807, 2.05) is 12.3 Å². The summed E-state index contributed by atoms with van der Waals surface area (Å²) in [6, 6.07) is 10.6. The van der Waals surface area contributed by atoms with E-state index in [9.17, 15) is 0 Å². The van der Waals surface area contributed by atoms with E-state index in [1.54, 1.807) is 0 Å². The van der Waals surface area contributed by atoms with Crippen LogP contribution in [0.5, 0.6) is 0 Å². The Kier molecular flexibility index (Phi) is 3.28. The zero-order chi connectivity index (χ0) is 12.4. The fourth-order valence-electron chi connectivity index (χ4n) is 3.17. The average molecular weight is 240 g/mol. The first-order valence-electron chi connectivity index (χ1n) is 6.95. The van der Waals surface area contributed by atoms with Crippen LogP contribution in [-0.2, 0) is 0 Å². The van der Waals surface area contributed by atoms with Gasteiger partial charge in [0.05, 0.1) is 5.52 Å². The van der Waals surface area contributed by atoms with Crippen LogP contribution in [0.2, 0.25) is 0 Å². The molecule has 1 aromatic carbocycles. The minimum Gasteiger partial charge on any atom is -0.324 e. The average Bonchev–Trinajstić information content (AvgIpc) is 2.47. The maximum atomic E-state index is 6.51. The predicted molar refractivity (Wildman–Crippen MR) is 75.2 cm³/mol. The lowest BCUT2D eigenvalue weighted by molar-refractivity contribution is 0.309. The summed E-state index contributed by atoms with van der Waals surface area (Å²) < 4.78 is 0. The van der Waals surface area contributed by atoms with Crippen LogP contribution in [0.1, 0.15) is 43.7 Å². The molecule has 0 saturated heterocycles. The zero-order valence-electron chi connectivity index (χ0n) is 10.7. The summed E-state index contributed by atoms with van der Waals surface area (Å²) in [6.45, 7) is 0. The SMILES string of the molecule is NC(c1cccc2ncccc12)C1CCCCC1. The third-order valence-corrected chi connectivity index (χ3v) is 4.20. The summed E-state index contributed by atoms with van der Waals surface area (Å²) in [6.07, 6.45) is 8.44. The van der Waals surface area contributed by atoms with E-state index in [1.165, 1.54) is 43.1 Å². The molecule has 0 aliphatic heterocycles. The first-order chi connectivity index (χ1) is 8.86. The number of hydrogen-bond acceptors (Lipinski definition) is 2. The fourth-order valence-corrected chi connectivity index (χ4v) is 3.17. The number of hydrogen-bond donors (Lipinski definition) is 1. The number of nitrogens with zero attached hydrogens (tertiary/aromatic N) is 1. The molecule has 0 bridgehead atoms. The molecule has 2 N–H and O–H groups in total.